The quantitative estimate of drug-likeness (QED) is 0.643. The maximum atomic E-state index is 13.6. The number of carbonyl (C=O) groups is 1. The lowest BCUT2D eigenvalue weighted by Gasteiger charge is -2.35. The van der Waals surface area contributed by atoms with Crippen LogP contribution >= 0.6 is 0 Å². The van der Waals surface area contributed by atoms with Crippen LogP contribution in [0, 0.1) is 12.8 Å². The Morgan fingerprint density at radius 1 is 1.18 bits per heavy atom. The zero-order valence-corrected chi connectivity index (χ0v) is 20.2. The van der Waals surface area contributed by atoms with Crippen LogP contribution in [0.1, 0.15) is 60.8 Å². The van der Waals surface area contributed by atoms with Gasteiger partial charge in [-0.05, 0) is 49.8 Å². The lowest BCUT2D eigenvalue weighted by molar-refractivity contribution is 0.0611. The molecule has 0 unspecified atom stereocenters. The fraction of sp³-hybridized carbons (Fsp3) is 0.577. The van der Waals surface area contributed by atoms with Crippen molar-refractivity contribution in [1.29, 1.82) is 0 Å². The van der Waals surface area contributed by atoms with Gasteiger partial charge in [-0.25, -0.2) is 4.98 Å². The van der Waals surface area contributed by atoms with Crippen LogP contribution in [0.2, 0.25) is 0 Å². The molecule has 0 saturated carbocycles. The SMILES string of the molecule is Cc1cc2c(cc1C(=O)N1C[C@H]3C[C@@H]1CN3CC(C)C)[nH]c(=O)c1cnc(C3CCOCC3)n12. The number of imidazole rings is 1. The summed E-state index contributed by atoms with van der Waals surface area (Å²) in [6.45, 7) is 10.8. The highest BCUT2D eigenvalue weighted by Crippen LogP contribution is 2.34. The third-order valence-corrected chi connectivity index (χ3v) is 7.88. The van der Waals surface area contributed by atoms with E-state index in [4.69, 9.17) is 4.74 Å². The fourth-order valence-corrected chi connectivity index (χ4v) is 6.26. The number of aromatic amines is 1. The lowest BCUT2D eigenvalue weighted by Crippen LogP contribution is -2.49. The Hall–Kier alpha value is -2.71. The van der Waals surface area contributed by atoms with Crippen LogP contribution < -0.4 is 5.56 Å². The summed E-state index contributed by atoms with van der Waals surface area (Å²) in [6, 6.07) is 4.65. The van der Waals surface area contributed by atoms with Gasteiger partial charge in [-0.1, -0.05) is 13.8 Å². The van der Waals surface area contributed by atoms with Gasteiger partial charge in [0.15, 0.2) is 0 Å². The van der Waals surface area contributed by atoms with Crippen molar-refractivity contribution in [2.24, 2.45) is 5.92 Å². The highest BCUT2D eigenvalue weighted by Gasteiger charge is 2.45. The van der Waals surface area contributed by atoms with Crippen molar-refractivity contribution >= 4 is 22.5 Å². The predicted octanol–water partition coefficient (Wildman–Crippen LogP) is 2.93. The van der Waals surface area contributed by atoms with E-state index in [1.807, 2.05) is 23.5 Å². The highest BCUT2D eigenvalue weighted by atomic mass is 16.5. The second-order valence-corrected chi connectivity index (χ2v) is 10.7. The minimum atomic E-state index is -0.176. The molecule has 3 aliphatic heterocycles. The molecule has 5 heterocycles. The molecule has 3 aliphatic rings. The zero-order valence-electron chi connectivity index (χ0n) is 20.2. The van der Waals surface area contributed by atoms with Gasteiger partial charge in [-0.2, -0.15) is 0 Å². The molecule has 0 aliphatic carbocycles. The van der Waals surface area contributed by atoms with Crippen LogP contribution in [-0.2, 0) is 4.74 Å². The molecule has 3 aromatic rings. The number of likely N-dealkylation sites (tertiary alicyclic amines) is 2. The summed E-state index contributed by atoms with van der Waals surface area (Å²) >= 11 is 0. The van der Waals surface area contributed by atoms with Gasteiger partial charge >= 0.3 is 0 Å². The van der Waals surface area contributed by atoms with Crippen molar-refractivity contribution in [3.63, 3.8) is 0 Å². The first-order chi connectivity index (χ1) is 16.4. The number of H-pyrrole nitrogens is 1. The normalized spacial score (nSPS) is 23.7. The Balaban J connectivity index is 1.36. The van der Waals surface area contributed by atoms with Crippen LogP contribution in [0.15, 0.2) is 23.1 Å². The third kappa shape index (κ3) is 3.46. The summed E-state index contributed by atoms with van der Waals surface area (Å²) in [4.78, 5) is 38.8. The standard InChI is InChI=1S/C26H33N5O3/c1-15(2)12-29-13-19-9-18(29)14-30(19)26(33)20-10-21-22(8-16(20)3)31-23(25(32)28-21)11-27-24(31)17-4-6-34-7-5-17/h8,10-11,15,17-19H,4-7,9,12-14H2,1-3H3,(H,28,32)/t18-,19-/m1/s1. The Morgan fingerprint density at radius 2 is 1.97 bits per heavy atom. The van der Waals surface area contributed by atoms with Gasteiger partial charge in [0.05, 0.1) is 17.2 Å². The third-order valence-electron chi connectivity index (χ3n) is 7.88. The molecule has 180 valence electrons. The van der Waals surface area contributed by atoms with Gasteiger partial charge in [0, 0.05) is 56.4 Å². The molecule has 1 aromatic carbocycles. The number of fused-ring (bicyclic) bond motifs is 5. The van der Waals surface area contributed by atoms with E-state index in [-0.39, 0.29) is 23.4 Å². The maximum absolute atomic E-state index is 13.6. The summed E-state index contributed by atoms with van der Waals surface area (Å²) in [7, 11) is 0. The molecule has 3 saturated heterocycles. The van der Waals surface area contributed by atoms with E-state index in [1.54, 1.807) is 6.20 Å². The Bertz CT molecular complexity index is 1320. The van der Waals surface area contributed by atoms with Crippen LogP contribution in [0.3, 0.4) is 0 Å². The predicted molar refractivity (Wildman–Crippen MR) is 130 cm³/mol. The molecule has 1 amide bonds. The molecule has 2 atom stereocenters. The molecule has 8 nitrogen and oxygen atoms in total. The second kappa shape index (κ2) is 8.20. The van der Waals surface area contributed by atoms with Gasteiger partial charge in [-0.15, -0.1) is 0 Å². The Kier molecular flexibility index (Phi) is 5.26. The molecule has 6 rings (SSSR count). The summed E-state index contributed by atoms with van der Waals surface area (Å²) < 4.78 is 7.52. The first-order valence-corrected chi connectivity index (χ1v) is 12.6. The number of carbonyl (C=O) groups excluding carboxylic acids is 1. The monoisotopic (exact) mass is 463 g/mol. The zero-order chi connectivity index (χ0) is 23.6. The minimum Gasteiger partial charge on any atom is -0.381 e. The van der Waals surface area contributed by atoms with Crippen molar-refractivity contribution < 1.29 is 9.53 Å². The number of aryl methyl sites for hydroxylation is 1. The van der Waals surface area contributed by atoms with E-state index >= 15 is 0 Å². The largest absolute Gasteiger partial charge is 0.381 e. The molecule has 34 heavy (non-hydrogen) atoms. The highest BCUT2D eigenvalue weighted by molar-refractivity contribution is 5.99. The Labute approximate surface area is 198 Å². The van der Waals surface area contributed by atoms with E-state index < -0.39 is 0 Å². The first-order valence-electron chi connectivity index (χ1n) is 12.6. The summed E-state index contributed by atoms with van der Waals surface area (Å²) in [5.41, 5.74) is 3.56. The fourth-order valence-electron chi connectivity index (χ4n) is 6.26. The smallest absolute Gasteiger partial charge is 0.274 e. The number of aromatic nitrogens is 3. The second-order valence-electron chi connectivity index (χ2n) is 10.7. The molecular weight excluding hydrogens is 430 g/mol. The van der Waals surface area contributed by atoms with Crippen LogP contribution in [0.5, 0.6) is 0 Å². The van der Waals surface area contributed by atoms with Gasteiger partial charge in [0.2, 0.25) is 0 Å². The number of piperazine rings is 1. The number of benzene rings is 1. The van der Waals surface area contributed by atoms with Crippen molar-refractivity contribution in [3.05, 3.63) is 45.6 Å². The number of hydrogen-bond acceptors (Lipinski definition) is 5. The number of ether oxygens (including phenoxy) is 1. The van der Waals surface area contributed by atoms with E-state index in [9.17, 15) is 9.59 Å². The summed E-state index contributed by atoms with van der Waals surface area (Å²) in [6.07, 6.45) is 4.52. The van der Waals surface area contributed by atoms with Gasteiger partial charge < -0.3 is 14.6 Å². The van der Waals surface area contributed by atoms with Crippen molar-refractivity contribution in [3.8, 4) is 0 Å². The molecule has 8 heteroatoms. The first kappa shape index (κ1) is 21.8. The molecule has 2 bridgehead atoms. The summed E-state index contributed by atoms with van der Waals surface area (Å²) in [5, 5.41) is 0. The topological polar surface area (TPSA) is 82.9 Å². The number of hydrogen-bond donors (Lipinski definition) is 1. The van der Waals surface area contributed by atoms with E-state index in [0.717, 1.165) is 55.8 Å². The van der Waals surface area contributed by atoms with Gasteiger partial charge in [0.1, 0.15) is 11.3 Å². The minimum absolute atomic E-state index is 0.0762. The molecule has 1 N–H and O–H groups in total. The number of rotatable bonds is 4. The van der Waals surface area contributed by atoms with Gasteiger partial charge in [0.25, 0.3) is 11.5 Å². The van der Waals surface area contributed by atoms with Gasteiger partial charge in [-0.3, -0.25) is 18.9 Å². The summed E-state index contributed by atoms with van der Waals surface area (Å²) in [5.74, 6) is 1.88. The van der Waals surface area contributed by atoms with E-state index in [0.29, 0.717) is 41.8 Å². The van der Waals surface area contributed by atoms with Crippen molar-refractivity contribution in [2.45, 2.75) is 58.0 Å². The van der Waals surface area contributed by atoms with E-state index in [2.05, 4.69) is 33.6 Å². The molecular formula is C26H33N5O3. The van der Waals surface area contributed by atoms with Crippen LogP contribution in [0.25, 0.3) is 16.6 Å². The average Bonchev–Trinajstić information content (AvgIpc) is 3.53. The van der Waals surface area contributed by atoms with E-state index in [1.165, 1.54) is 0 Å². The molecule has 2 aromatic heterocycles. The molecule has 3 fully saturated rings. The number of amides is 1. The molecule has 0 radical (unpaired) electrons. The average molecular weight is 464 g/mol. The maximum Gasteiger partial charge on any atom is 0.274 e. The Morgan fingerprint density at radius 3 is 2.68 bits per heavy atom. The van der Waals surface area contributed by atoms with Crippen LogP contribution in [-0.4, -0.2) is 75.0 Å². The lowest BCUT2D eigenvalue weighted by atomic mass is 9.99. The van der Waals surface area contributed by atoms with Crippen molar-refractivity contribution in [2.75, 3.05) is 32.8 Å². The number of nitrogens with one attached hydrogen (secondary N) is 1. The van der Waals surface area contributed by atoms with Crippen molar-refractivity contribution in [1.82, 2.24) is 24.2 Å². The molecule has 0 spiro atoms. The van der Waals surface area contributed by atoms with Crippen LogP contribution in [0.4, 0.5) is 0 Å². The number of nitrogens with zero attached hydrogens (tertiary/aromatic N) is 4.